The predicted molar refractivity (Wildman–Crippen MR) is 143 cm³/mol. The summed E-state index contributed by atoms with van der Waals surface area (Å²) >= 11 is 0. The lowest BCUT2D eigenvalue weighted by Gasteiger charge is -2.29. The highest BCUT2D eigenvalue weighted by Crippen LogP contribution is 2.29. The van der Waals surface area contributed by atoms with Gasteiger partial charge in [-0.1, -0.05) is 24.3 Å². The first kappa shape index (κ1) is 26.8. The number of rotatable bonds is 8. The first-order valence-corrected chi connectivity index (χ1v) is 11.1. The Hall–Kier alpha value is -2.49. The summed E-state index contributed by atoms with van der Waals surface area (Å²) in [6, 6.07) is 14.1. The van der Waals surface area contributed by atoms with E-state index in [9.17, 15) is 4.79 Å². The van der Waals surface area contributed by atoms with Crippen molar-refractivity contribution in [3.63, 3.8) is 0 Å². The van der Waals surface area contributed by atoms with Crippen LogP contribution in [0.25, 0.3) is 0 Å². The summed E-state index contributed by atoms with van der Waals surface area (Å²) in [5.74, 6) is 2.45. The first-order valence-electron chi connectivity index (χ1n) is 11.1. The smallest absolute Gasteiger partial charge is 0.222 e. The quantitative estimate of drug-likeness (QED) is 0.220. The molecule has 0 aromatic heterocycles. The van der Waals surface area contributed by atoms with E-state index >= 15 is 0 Å². The summed E-state index contributed by atoms with van der Waals surface area (Å²) in [6.45, 7) is 4.22. The third kappa shape index (κ3) is 7.25. The molecular weight excluding hydrogens is 531 g/mol. The molecular formula is C25H35IN4O3. The van der Waals surface area contributed by atoms with Crippen molar-refractivity contribution in [1.29, 1.82) is 0 Å². The highest BCUT2D eigenvalue weighted by atomic mass is 127. The molecule has 3 rings (SSSR count). The fourth-order valence-electron chi connectivity index (χ4n) is 3.97. The monoisotopic (exact) mass is 566 g/mol. The minimum Gasteiger partial charge on any atom is -0.497 e. The third-order valence-electron chi connectivity index (χ3n) is 5.82. The predicted octanol–water partition coefficient (Wildman–Crippen LogP) is 3.91. The zero-order valence-electron chi connectivity index (χ0n) is 19.9. The largest absolute Gasteiger partial charge is 0.497 e. The van der Waals surface area contributed by atoms with Gasteiger partial charge in [-0.3, -0.25) is 9.79 Å². The van der Waals surface area contributed by atoms with E-state index in [4.69, 9.17) is 9.47 Å². The Balaban J connectivity index is 0.00000385. The number of hydrogen-bond acceptors (Lipinski definition) is 4. The second-order valence-electron chi connectivity index (χ2n) is 7.91. The van der Waals surface area contributed by atoms with Gasteiger partial charge in [0.05, 0.1) is 20.3 Å². The molecule has 2 N–H and O–H groups in total. The lowest BCUT2D eigenvalue weighted by atomic mass is 9.99. The van der Waals surface area contributed by atoms with Crippen molar-refractivity contribution >= 4 is 35.8 Å². The van der Waals surface area contributed by atoms with Gasteiger partial charge >= 0.3 is 0 Å². The van der Waals surface area contributed by atoms with Crippen LogP contribution in [0.15, 0.2) is 47.5 Å². The molecule has 2 aromatic carbocycles. The molecule has 1 atom stereocenters. The van der Waals surface area contributed by atoms with E-state index in [0.29, 0.717) is 25.5 Å². The van der Waals surface area contributed by atoms with Gasteiger partial charge in [-0.2, -0.15) is 0 Å². The van der Waals surface area contributed by atoms with E-state index in [0.717, 1.165) is 36.4 Å². The van der Waals surface area contributed by atoms with Crippen LogP contribution < -0.4 is 20.1 Å². The van der Waals surface area contributed by atoms with E-state index in [1.54, 1.807) is 21.3 Å². The van der Waals surface area contributed by atoms with E-state index in [1.165, 1.54) is 11.1 Å². The maximum atomic E-state index is 12.6. The Morgan fingerprint density at radius 2 is 1.91 bits per heavy atom. The third-order valence-corrected chi connectivity index (χ3v) is 5.82. The highest BCUT2D eigenvalue weighted by molar-refractivity contribution is 14.0. The number of halogens is 1. The van der Waals surface area contributed by atoms with Crippen molar-refractivity contribution in [2.24, 2.45) is 4.99 Å². The lowest BCUT2D eigenvalue weighted by Crippen LogP contribution is -2.40. The van der Waals surface area contributed by atoms with Crippen LogP contribution in [0.3, 0.4) is 0 Å². The van der Waals surface area contributed by atoms with Crippen molar-refractivity contribution in [3.05, 3.63) is 59.2 Å². The fraction of sp³-hybridized carbons (Fsp3) is 0.440. The van der Waals surface area contributed by atoms with Gasteiger partial charge in [0, 0.05) is 38.7 Å². The molecule has 0 saturated heterocycles. The molecule has 8 heteroatoms. The molecule has 0 aliphatic carbocycles. The van der Waals surface area contributed by atoms with E-state index in [-0.39, 0.29) is 35.9 Å². The number of hydrogen-bond donors (Lipinski definition) is 2. The van der Waals surface area contributed by atoms with Gasteiger partial charge in [-0.05, 0) is 49.1 Å². The summed E-state index contributed by atoms with van der Waals surface area (Å²) < 4.78 is 10.8. The molecule has 180 valence electrons. The van der Waals surface area contributed by atoms with Crippen molar-refractivity contribution in [1.82, 2.24) is 15.5 Å². The summed E-state index contributed by atoms with van der Waals surface area (Å²) in [5.41, 5.74) is 3.60. The van der Waals surface area contributed by atoms with Gasteiger partial charge in [0.1, 0.15) is 11.5 Å². The van der Waals surface area contributed by atoms with Crippen LogP contribution in [0.5, 0.6) is 11.5 Å². The Bertz CT molecular complexity index is 951. The lowest BCUT2D eigenvalue weighted by molar-refractivity contribution is -0.132. The van der Waals surface area contributed by atoms with Crippen molar-refractivity contribution in [2.75, 3.05) is 34.4 Å². The van der Waals surface area contributed by atoms with Gasteiger partial charge in [0.2, 0.25) is 5.91 Å². The standard InChI is InChI=1S/C25H34N4O3.HI/c1-18(22-16-21(31-3)11-12-23(22)32-4)28-25(26-2)27-14-7-10-24(30)29-15-13-19-8-5-6-9-20(19)17-29;/h5-6,8-9,11-12,16,18H,7,10,13-15,17H2,1-4H3,(H2,26,27,28);1H. The number of carbonyl (C=O) groups excluding carboxylic acids is 1. The number of benzene rings is 2. The minimum atomic E-state index is -0.0405. The maximum Gasteiger partial charge on any atom is 0.222 e. The minimum absolute atomic E-state index is 0. The highest BCUT2D eigenvalue weighted by Gasteiger charge is 2.20. The van der Waals surface area contributed by atoms with Crippen LogP contribution in [-0.2, 0) is 17.8 Å². The van der Waals surface area contributed by atoms with Crippen molar-refractivity contribution < 1.29 is 14.3 Å². The van der Waals surface area contributed by atoms with Gasteiger partial charge < -0.3 is 25.0 Å². The second kappa shape index (κ2) is 13.3. The number of ether oxygens (including phenoxy) is 2. The summed E-state index contributed by atoms with van der Waals surface area (Å²) in [4.78, 5) is 18.9. The van der Waals surface area contributed by atoms with Gasteiger partial charge in [-0.25, -0.2) is 0 Å². The van der Waals surface area contributed by atoms with E-state index in [1.807, 2.05) is 36.1 Å². The second-order valence-corrected chi connectivity index (χ2v) is 7.91. The normalized spacial score (nSPS) is 13.9. The Morgan fingerprint density at radius 1 is 1.15 bits per heavy atom. The molecule has 0 radical (unpaired) electrons. The van der Waals surface area contributed by atoms with E-state index < -0.39 is 0 Å². The van der Waals surface area contributed by atoms with Gasteiger partial charge in [-0.15, -0.1) is 24.0 Å². The molecule has 33 heavy (non-hydrogen) atoms. The van der Waals surface area contributed by atoms with E-state index in [2.05, 4.69) is 33.8 Å². The van der Waals surface area contributed by atoms with Gasteiger partial charge in [0.25, 0.3) is 0 Å². The number of guanidine groups is 1. The number of carbonyl (C=O) groups is 1. The SMILES string of the molecule is CN=C(NCCCC(=O)N1CCc2ccccc2C1)NC(C)c1cc(OC)ccc1OC.I. The van der Waals surface area contributed by atoms with Crippen molar-refractivity contribution in [3.8, 4) is 11.5 Å². The van der Waals surface area contributed by atoms with Crippen LogP contribution in [0.4, 0.5) is 0 Å². The Labute approximate surface area is 214 Å². The molecule has 1 aliphatic rings. The van der Waals surface area contributed by atoms with Crippen LogP contribution in [-0.4, -0.2) is 51.1 Å². The average molecular weight is 566 g/mol. The molecule has 7 nitrogen and oxygen atoms in total. The fourth-order valence-corrected chi connectivity index (χ4v) is 3.97. The molecule has 0 bridgehead atoms. The summed E-state index contributed by atoms with van der Waals surface area (Å²) in [6.07, 6.45) is 2.20. The molecule has 0 saturated carbocycles. The van der Waals surface area contributed by atoms with Crippen LogP contribution in [0.2, 0.25) is 0 Å². The topological polar surface area (TPSA) is 75.2 Å². The summed E-state index contributed by atoms with van der Waals surface area (Å²) in [7, 11) is 5.04. The first-order chi connectivity index (χ1) is 15.5. The molecule has 0 spiro atoms. The van der Waals surface area contributed by atoms with Crippen LogP contribution >= 0.6 is 24.0 Å². The number of aliphatic imine (C=N–C) groups is 1. The molecule has 1 heterocycles. The number of nitrogens with zero attached hydrogens (tertiary/aromatic N) is 2. The van der Waals surface area contributed by atoms with Crippen LogP contribution in [0.1, 0.15) is 42.5 Å². The number of methoxy groups -OCH3 is 2. The zero-order chi connectivity index (χ0) is 22.9. The molecule has 1 aliphatic heterocycles. The average Bonchev–Trinajstić information content (AvgIpc) is 2.84. The zero-order valence-corrected chi connectivity index (χ0v) is 22.2. The van der Waals surface area contributed by atoms with Crippen LogP contribution in [0, 0.1) is 0 Å². The molecule has 2 aromatic rings. The molecule has 1 amide bonds. The van der Waals surface area contributed by atoms with Crippen molar-refractivity contribution in [2.45, 2.75) is 38.8 Å². The Kier molecular flexibility index (Phi) is 10.8. The Morgan fingerprint density at radius 3 is 2.61 bits per heavy atom. The number of amides is 1. The molecule has 1 unspecified atom stereocenters. The molecule has 0 fully saturated rings. The number of nitrogens with one attached hydrogen (secondary N) is 2. The number of fused-ring (bicyclic) bond motifs is 1. The summed E-state index contributed by atoms with van der Waals surface area (Å²) in [5, 5.41) is 6.69. The van der Waals surface area contributed by atoms with Gasteiger partial charge in [0.15, 0.2) is 5.96 Å². The maximum absolute atomic E-state index is 12.6.